The fourth-order valence-electron chi connectivity index (χ4n) is 1.45. The Balaban J connectivity index is 1.84. The van der Waals surface area contributed by atoms with Crippen molar-refractivity contribution in [3.8, 4) is 0 Å². The second kappa shape index (κ2) is 4.26. The molecule has 1 amide bonds. The number of carbonyl (C=O) groups is 1. The minimum Gasteiger partial charge on any atom is -0.379 e. The fraction of sp³-hybridized carbons (Fsp3) is 0.625. The number of amides is 1. The maximum Gasteiger partial charge on any atom is 0.277 e. The third kappa shape index (κ3) is 2.24. The molecule has 1 fully saturated rings. The Morgan fingerprint density at radius 3 is 3.07 bits per heavy atom. The number of nitrogens with one attached hydrogen (secondary N) is 1. The minimum atomic E-state index is -0.385. The Morgan fingerprint density at radius 1 is 1.60 bits per heavy atom. The third-order valence-electron chi connectivity index (χ3n) is 2.24. The average Bonchev–Trinajstić information content (AvgIpc) is 2.84. The Bertz CT molecular complexity index is 345. The van der Waals surface area contributed by atoms with Crippen LogP contribution in [0, 0.1) is 0 Å². The van der Waals surface area contributed by atoms with Crippen molar-refractivity contribution in [1.82, 2.24) is 15.6 Å². The Labute approximate surface area is 85.9 Å². The average molecular weight is 212 g/mol. The molecule has 7 nitrogen and oxygen atoms in total. The van der Waals surface area contributed by atoms with E-state index < -0.39 is 0 Å². The molecule has 1 aromatic heterocycles. The van der Waals surface area contributed by atoms with E-state index >= 15 is 0 Å². The second-order valence-corrected chi connectivity index (χ2v) is 3.34. The van der Waals surface area contributed by atoms with Gasteiger partial charge in [0.15, 0.2) is 0 Å². The summed E-state index contributed by atoms with van der Waals surface area (Å²) < 4.78 is 9.67. The number of carbonyl (C=O) groups excluding carboxylic acids is 1. The highest BCUT2D eigenvalue weighted by atomic mass is 16.6. The number of hydrogen-bond donors (Lipinski definition) is 2. The molecular formula is C8H12N4O3. The molecule has 1 saturated heterocycles. The fourth-order valence-corrected chi connectivity index (χ4v) is 1.45. The SMILES string of the molecule is Nc1nonc1C(=O)NC[C@@H]1CCCO1. The van der Waals surface area contributed by atoms with Crippen LogP contribution < -0.4 is 11.1 Å². The van der Waals surface area contributed by atoms with Crippen LogP contribution in [0.5, 0.6) is 0 Å². The van der Waals surface area contributed by atoms with Crippen molar-refractivity contribution in [2.75, 3.05) is 18.9 Å². The van der Waals surface area contributed by atoms with Gasteiger partial charge in [-0.2, -0.15) is 0 Å². The van der Waals surface area contributed by atoms with E-state index in [1.54, 1.807) is 0 Å². The minimum absolute atomic E-state index is 0.000148. The van der Waals surface area contributed by atoms with Crippen LogP contribution in [0.1, 0.15) is 23.3 Å². The molecule has 0 radical (unpaired) electrons. The number of nitrogens with two attached hydrogens (primary N) is 1. The Morgan fingerprint density at radius 2 is 2.47 bits per heavy atom. The summed E-state index contributed by atoms with van der Waals surface area (Å²) in [4.78, 5) is 11.5. The van der Waals surface area contributed by atoms with Crippen LogP contribution in [0.4, 0.5) is 5.82 Å². The molecule has 15 heavy (non-hydrogen) atoms. The zero-order valence-corrected chi connectivity index (χ0v) is 8.10. The molecule has 2 rings (SSSR count). The zero-order chi connectivity index (χ0) is 10.7. The molecule has 0 aromatic carbocycles. The Hall–Kier alpha value is -1.63. The Kier molecular flexibility index (Phi) is 2.82. The topological polar surface area (TPSA) is 103 Å². The van der Waals surface area contributed by atoms with Gasteiger partial charge >= 0.3 is 0 Å². The van der Waals surface area contributed by atoms with E-state index in [1.165, 1.54) is 0 Å². The number of hydrogen-bond acceptors (Lipinski definition) is 6. The molecule has 1 atom stereocenters. The van der Waals surface area contributed by atoms with Crippen molar-refractivity contribution in [3.63, 3.8) is 0 Å². The van der Waals surface area contributed by atoms with E-state index in [9.17, 15) is 4.79 Å². The smallest absolute Gasteiger partial charge is 0.277 e. The van der Waals surface area contributed by atoms with Crippen LogP contribution in [0.3, 0.4) is 0 Å². The van der Waals surface area contributed by atoms with Crippen LogP contribution in [-0.2, 0) is 4.74 Å². The lowest BCUT2D eigenvalue weighted by atomic mass is 10.2. The summed E-state index contributed by atoms with van der Waals surface area (Å²) in [6, 6.07) is 0. The number of anilines is 1. The molecule has 0 saturated carbocycles. The predicted molar refractivity (Wildman–Crippen MR) is 50.0 cm³/mol. The molecule has 1 aliphatic heterocycles. The first-order valence-electron chi connectivity index (χ1n) is 4.75. The van der Waals surface area contributed by atoms with Gasteiger partial charge in [0.1, 0.15) is 0 Å². The maximum atomic E-state index is 11.5. The normalized spacial score (nSPS) is 20.4. The molecule has 1 aromatic rings. The summed E-state index contributed by atoms with van der Waals surface area (Å²) in [5, 5.41) is 9.38. The van der Waals surface area contributed by atoms with E-state index in [1.807, 2.05) is 0 Å². The maximum absolute atomic E-state index is 11.5. The highest BCUT2D eigenvalue weighted by Gasteiger charge is 2.19. The largest absolute Gasteiger partial charge is 0.379 e. The van der Waals surface area contributed by atoms with Gasteiger partial charge in [0.05, 0.1) is 6.10 Å². The molecule has 3 N–H and O–H groups in total. The van der Waals surface area contributed by atoms with Gasteiger partial charge in [-0.25, -0.2) is 4.63 Å². The molecule has 2 heterocycles. The summed E-state index contributed by atoms with van der Waals surface area (Å²) >= 11 is 0. The van der Waals surface area contributed by atoms with Crippen molar-refractivity contribution in [1.29, 1.82) is 0 Å². The molecule has 7 heteroatoms. The molecule has 0 unspecified atom stereocenters. The summed E-state index contributed by atoms with van der Waals surface area (Å²) in [5.74, 6) is -0.385. The van der Waals surface area contributed by atoms with Crippen LogP contribution in [0.25, 0.3) is 0 Å². The van der Waals surface area contributed by atoms with Gasteiger partial charge in [0.25, 0.3) is 5.91 Å². The highest BCUT2D eigenvalue weighted by molar-refractivity contribution is 5.95. The summed E-state index contributed by atoms with van der Waals surface area (Å²) in [6.07, 6.45) is 2.09. The first-order chi connectivity index (χ1) is 7.27. The predicted octanol–water partition coefficient (Wildman–Crippen LogP) is -0.439. The first-order valence-corrected chi connectivity index (χ1v) is 4.75. The standard InChI is InChI=1S/C8H12N4O3/c9-7-6(11-15-12-7)8(13)10-4-5-2-1-3-14-5/h5H,1-4H2,(H2,9,12)(H,10,13)/t5-/m0/s1. The van der Waals surface area contributed by atoms with Gasteiger partial charge in [0, 0.05) is 13.2 Å². The second-order valence-electron chi connectivity index (χ2n) is 3.34. The van der Waals surface area contributed by atoms with E-state index in [-0.39, 0.29) is 23.5 Å². The number of nitrogen functional groups attached to an aromatic ring is 1. The van der Waals surface area contributed by atoms with Crippen molar-refractivity contribution >= 4 is 11.7 Å². The van der Waals surface area contributed by atoms with Crippen molar-refractivity contribution in [2.24, 2.45) is 0 Å². The molecule has 0 spiro atoms. The lowest BCUT2D eigenvalue weighted by molar-refractivity contribution is 0.0850. The van der Waals surface area contributed by atoms with E-state index in [4.69, 9.17) is 10.5 Å². The van der Waals surface area contributed by atoms with Gasteiger partial charge in [-0.15, -0.1) is 0 Å². The monoisotopic (exact) mass is 212 g/mol. The van der Waals surface area contributed by atoms with Gasteiger partial charge in [0.2, 0.25) is 11.5 Å². The van der Waals surface area contributed by atoms with Crippen molar-refractivity contribution < 1.29 is 14.2 Å². The van der Waals surface area contributed by atoms with E-state index in [0.717, 1.165) is 19.4 Å². The highest BCUT2D eigenvalue weighted by Crippen LogP contribution is 2.11. The van der Waals surface area contributed by atoms with Gasteiger partial charge in [-0.3, -0.25) is 4.79 Å². The van der Waals surface area contributed by atoms with Gasteiger partial charge in [-0.1, -0.05) is 0 Å². The van der Waals surface area contributed by atoms with Crippen LogP contribution in [0.2, 0.25) is 0 Å². The zero-order valence-electron chi connectivity index (χ0n) is 8.10. The van der Waals surface area contributed by atoms with E-state index in [2.05, 4.69) is 20.3 Å². The van der Waals surface area contributed by atoms with Gasteiger partial charge in [-0.05, 0) is 23.2 Å². The number of nitrogens with zero attached hydrogens (tertiary/aromatic N) is 2. The number of ether oxygens (including phenoxy) is 1. The molecule has 1 aliphatic rings. The summed E-state index contributed by atoms with van der Waals surface area (Å²) in [6.45, 7) is 1.22. The van der Waals surface area contributed by atoms with Crippen molar-refractivity contribution in [2.45, 2.75) is 18.9 Å². The molecular weight excluding hydrogens is 200 g/mol. The van der Waals surface area contributed by atoms with Crippen LogP contribution >= 0.6 is 0 Å². The van der Waals surface area contributed by atoms with Crippen molar-refractivity contribution in [3.05, 3.63) is 5.69 Å². The first kappa shape index (κ1) is 9.91. The lowest BCUT2D eigenvalue weighted by Gasteiger charge is -2.09. The molecule has 0 aliphatic carbocycles. The van der Waals surface area contributed by atoms with E-state index in [0.29, 0.717) is 6.54 Å². The van der Waals surface area contributed by atoms with Gasteiger partial charge < -0.3 is 15.8 Å². The summed E-state index contributed by atoms with van der Waals surface area (Å²) in [7, 11) is 0. The number of aromatic nitrogens is 2. The van der Waals surface area contributed by atoms with Crippen LogP contribution in [0.15, 0.2) is 4.63 Å². The summed E-state index contributed by atoms with van der Waals surface area (Å²) in [5.41, 5.74) is 5.39. The number of rotatable bonds is 3. The quantitative estimate of drug-likeness (QED) is 0.704. The third-order valence-corrected chi connectivity index (χ3v) is 2.24. The van der Waals surface area contributed by atoms with Crippen LogP contribution in [-0.4, -0.2) is 35.5 Å². The molecule has 82 valence electrons. The lowest BCUT2D eigenvalue weighted by Crippen LogP contribution is -2.32. The molecule has 0 bridgehead atoms.